The minimum Gasteiger partial charge on any atom is -0.410 e. The molecule has 45 heavy (non-hydrogen) atoms. The largest absolute Gasteiger partial charge is 0.415 e. The summed E-state index contributed by atoms with van der Waals surface area (Å²) in [6, 6.07) is 19.6. The summed E-state index contributed by atoms with van der Waals surface area (Å²) >= 11 is 0. The number of amides is 1. The number of nitrogens with zero attached hydrogens (tertiary/aromatic N) is 5. The van der Waals surface area contributed by atoms with Gasteiger partial charge in [0, 0.05) is 63.1 Å². The van der Waals surface area contributed by atoms with Crippen LogP contribution in [0.15, 0.2) is 71.7 Å². The van der Waals surface area contributed by atoms with E-state index in [1.54, 1.807) is 33.9 Å². The standard InChI is InChI=1S/C35H42N6O4/c1-24(2)41-31(42)22-25(3)30-23-36-33(38-32(30)41)37-26(4)27-10-12-28(13-11-27)35(14-20-44-21-15-35)40-18-16-39(17-19-40)34(43)45-29-8-6-5-7-9-29/h5-13,22-24,26H,14-21H2,1-4H3,(H,36,37,38)/t26-/m0/s1. The van der Waals surface area contributed by atoms with E-state index in [0.717, 1.165) is 42.4 Å². The van der Waals surface area contributed by atoms with Crippen molar-refractivity contribution in [3.05, 3.63) is 93.9 Å². The minimum absolute atomic E-state index is 0.0167. The lowest BCUT2D eigenvalue weighted by atomic mass is 9.80. The van der Waals surface area contributed by atoms with E-state index in [0.29, 0.717) is 43.6 Å². The molecule has 0 radical (unpaired) electrons. The summed E-state index contributed by atoms with van der Waals surface area (Å²) < 4.78 is 13.1. The molecule has 2 aromatic heterocycles. The summed E-state index contributed by atoms with van der Waals surface area (Å²) in [5.41, 5.74) is 3.69. The lowest BCUT2D eigenvalue weighted by molar-refractivity contribution is -0.0483. The van der Waals surface area contributed by atoms with Gasteiger partial charge in [-0.3, -0.25) is 14.3 Å². The number of hydrogen-bond acceptors (Lipinski definition) is 8. The van der Waals surface area contributed by atoms with Gasteiger partial charge in [-0.2, -0.15) is 4.98 Å². The van der Waals surface area contributed by atoms with Gasteiger partial charge in [0.15, 0.2) is 0 Å². The summed E-state index contributed by atoms with van der Waals surface area (Å²) in [4.78, 5) is 39.2. The predicted octanol–water partition coefficient (Wildman–Crippen LogP) is 5.68. The lowest BCUT2D eigenvalue weighted by Crippen LogP contribution is -2.58. The number of anilines is 1. The highest BCUT2D eigenvalue weighted by atomic mass is 16.6. The number of aromatic nitrogens is 3. The Morgan fingerprint density at radius 3 is 2.33 bits per heavy atom. The molecule has 2 aliphatic heterocycles. The highest BCUT2D eigenvalue weighted by molar-refractivity contribution is 5.79. The first kappa shape index (κ1) is 30.7. The van der Waals surface area contributed by atoms with Crippen molar-refractivity contribution in [1.82, 2.24) is 24.3 Å². The van der Waals surface area contributed by atoms with Crippen LogP contribution in [0.1, 0.15) is 62.4 Å². The van der Waals surface area contributed by atoms with Crippen LogP contribution in [-0.4, -0.2) is 69.8 Å². The zero-order valence-corrected chi connectivity index (χ0v) is 26.5. The number of para-hydroxylation sites is 1. The van der Waals surface area contributed by atoms with Crippen LogP contribution in [0.2, 0.25) is 0 Å². The first-order valence-electron chi connectivity index (χ1n) is 15.9. The number of fused-ring (bicyclic) bond motifs is 1. The Morgan fingerprint density at radius 1 is 0.978 bits per heavy atom. The summed E-state index contributed by atoms with van der Waals surface area (Å²) in [5.74, 6) is 1.05. The third-order valence-corrected chi connectivity index (χ3v) is 9.22. The fourth-order valence-corrected chi connectivity index (χ4v) is 6.67. The maximum atomic E-state index is 12.8. The van der Waals surface area contributed by atoms with Gasteiger partial charge in [0.05, 0.1) is 11.6 Å². The van der Waals surface area contributed by atoms with Gasteiger partial charge in [0.25, 0.3) is 5.56 Å². The number of piperazine rings is 1. The van der Waals surface area contributed by atoms with Crippen LogP contribution in [0.25, 0.3) is 11.0 Å². The predicted molar refractivity (Wildman–Crippen MR) is 175 cm³/mol. The number of benzene rings is 2. The Balaban J connectivity index is 1.16. The van der Waals surface area contributed by atoms with E-state index in [4.69, 9.17) is 14.5 Å². The summed E-state index contributed by atoms with van der Waals surface area (Å²) in [6.45, 7) is 12.2. The molecule has 2 fully saturated rings. The molecule has 0 spiro atoms. The fourth-order valence-electron chi connectivity index (χ4n) is 6.67. The molecule has 2 aromatic carbocycles. The van der Waals surface area contributed by atoms with Gasteiger partial charge in [0.1, 0.15) is 11.4 Å². The van der Waals surface area contributed by atoms with Gasteiger partial charge in [-0.05, 0) is 69.4 Å². The van der Waals surface area contributed by atoms with Crippen molar-refractivity contribution in [2.24, 2.45) is 0 Å². The Kier molecular flexibility index (Phi) is 8.87. The van der Waals surface area contributed by atoms with Crippen molar-refractivity contribution < 1.29 is 14.3 Å². The van der Waals surface area contributed by atoms with E-state index in [1.165, 1.54) is 5.56 Å². The highest BCUT2D eigenvalue weighted by Crippen LogP contribution is 2.39. The SMILES string of the molecule is Cc1cc(=O)n(C(C)C)c2nc(N[C@@H](C)c3ccc(C4(N5CCN(C(=O)Oc6ccccc6)CC5)CCOCC4)cc3)ncc12. The van der Waals surface area contributed by atoms with E-state index in [1.807, 2.05) is 39.0 Å². The van der Waals surface area contributed by atoms with Gasteiger partial charge in [0.2, 0.25) is 5.95 Å². The van der Waals surface area contributed by atoms with E-state index < -0.39 is 0 Å². The minimum atomic E-state index is -0.300. The molecule has 2 saturated heterocycles. The highest BCUT2D eigenvalue weighted by Gasteiger charge is 2.42. The normalized spacial score (nSPS) is 17.8. The van der Waals surface area contributed by atoms with Crippen molar-refractivity contribution in [3.63, 3.8) is 0 Å². The molecule has 0 saturated carbocycles. The lowest BCUT2D eigenvalue weighted by Gasteiger charge is -2.49. The molecule has 10 nitrogen and oxygen atoms in total. The molecule has 0 aliphatic carbocycles. The first-order chi connectivity index (χ1) is 21.7. The molecule has 10 heteroatoms. The summed E-state index contributed by atoms with van der Waals surface area (Å²) in [5, 5.41) is 4.32. The number of carbonyl (C=O) groups excluding carboxylic acids is 1. The maximum absolute atomic E-state index is 12.8. The second kappa shape index (κ2) is 13.0. The molecule has 1 atom stereocenters. The van der Waals surface area contributed by atoms with Crippen molar-refractivity contribution in [3.8, 4) is 5.75 Å². The number of pyridine rings is 1. The van der Waals surface area contributed by atoms with Crippen molar-refractivity contribution >= 4 is 23.1 Å². The number of aryl methyl sites for hydroxylation is 1. The van der Waals surface area contributed by atoms with Crippen molar-refractivity contribution in [2.75, 3.05) is 44.7 Å². The van der Waals surface area contributed by atoms with E-state index >= 15 is 0 Å². The second-order valence-electron chi connectivity index (χ2n) is 12.3. The third kappa shape index (κ3) is 6.30. The molecule has 0 bridgehead atoms. The molecule has 2 aliphatic rings. The summed E-state index contributed by atoms with van der Waals surface area (Å²) in [7, 11) is 0. The monoisotopic (exact) mass is 610 g/mol. The fraction of sp³-hybridized carbons (Fsp3) is 0.429. The quantitative estimate of drug-likeness (QED) is 0.285. The van der Waals surface area contributed by atoms with Gasteiger partial charge in [-0.25, -0.2) is 9.78 Å². The molecular weight excluding hydrogens is 568 g/mol. The molecule has 4 aromatic rings. The Hall–Kier alpha value is -4.28. The first-order valence-corrected chi connectivity index (χ1v) is 15.9. The number of rotatable bonds is 7. The second-order valence-corrected chi connectivity index (χ2v) is 12.3. The molecule has 6 rings (SSSR count). The maximum Gasteiger partial charge on any atom is 0.415 e. The average Bonchev–Trinajstić information content (AvgIpc) is 3.05. The average molecular weight is 611 g/mol. The smallest absolute Gasteiger partial charge is 0.410 e. The van der Waals surface area contributed by atoms with Crippen LogP contribution in [0, 0.1) is 6.92 Å². The Labute approximate surface area is 264 Å². The molecule has 236 valence electrons. The van der Waals surface area contributed by atoms with Crippen LogP contribution in [0.3, 0.4) is 0 Å². The number of nitrogens with one attached hydrogen (secondary N) is 1. The molecule has 0 unspecified atom stereocenters. The van der Waals surface area contributed by atoms with Gasteiger partial charge < -0.3 is 19.7 Å². The van der Waals surface area contributed by atoms with Crippen LogP contribution in [0.4, 0.5) is 10.7 Å². The summed E-state index contributed by atoms with van der Waals surface area (Å²) in [6.07, 6.45) is 3.29. The van der Waals surface area contributed by atoms with Gasteiger partial charge >= 0.3 is 6.09 Å². The van der Waals surface area contributed by atoms with Gasteiger partial charge in [-0.15, -0.1) is 0 Å². The van der Waals surface area contributed by atoms with Crippen molar-refractivity contribution in [2.45, 2.75) is 58.2 Å². The molecule has 1 N–H and O–H groups in total. The Morgan fingerprint density at radius 2 is 1.67 bits per heavy atom. The Bertz CT molecular complexity index is 1690. The van der Waals surface area contributed by atoms with Crippen LogP contribution < -0.4 is 15.6 Å². The van der Waals surface area contributed by atoms with Crippen LogP contribution in [0.5, 0.6) is 5.75 Å². The molecule has 4 heterocycles. The third-order valence-electron chi connectivity index (χ3n) is 9.22. The zero-order chi connectivity index (χ0) is 31.6. The van der Waals surface area contributed by atoms with Crippen molar-refractivity contribution in [1.29, 1.82) is 0 Å². The van der Waals surface area contributed by atoms with Crippen LogP contribution in [-0.2, 0) is 10.3 Å². The number of carbonyl (C=O) groups is 1. The van der Waals surface area contributed by atoms with Crippen LogP contribution >= 0.6 is 0 Å². The van der Waals surface area contributed by atoms with E-state index in [9.17, 15) is 9.59 Å². The van der Waals surface area contributed by atoms with E-state index in [-0.39, 0.29) is 29.3 Å². The van der Waals surface area contributed by atoms with Gasteiger partial charge in [-0.1, -0.05) is 42.5 Å². The number of hydrogen-bond donors (Lipinski definition) is 1. The number of ether oxygens (including phenoxy) is 2. The molecular formula is C35H42N6O4. The topological polar surface area (TPSA) is 102 Å². The molecule has 1 amide bonds. The van der Waals surface area contributed by atoms with E-state index in [2.05, 4.69) is 46.4 Å². The zero-order valence-electron chi connectivity index (χ0n) is 26.5.